The number of likely N-dealkylation sites (N-methyl/N-ethyl adjacent to an activating group) is 1. The van der Waals surface area contributed by atoms with Crippen molar-refractivity contribution in [3.05, 3.63) is 71.7 Å². The van der Waals surface area contributed by atoms with Crippen molar-refractivity contribution in [2.45, 2.75) is 26.2 Å². The summed E-state index contributed by atoms with van der Waals surface area (Å²) in [6.45, 7) is 3.90. The van der Waals surface area contributed by atoms with E-state index in [9.17, 15) is 0 Å². The summed E-state index contributed by atoms with van der Waals surface area (Å²) in [4.78, 5) is 18.2. The van der Waals surface area contributed by atoms with Crippen molar-refractivity contribution in [2.24, 2.45) is 0 Å². The van der Waals surface area contributed by atoms with Crippen molar-refractivity contribution in [1.82, 2.24) is 15.0 Å². The number of benzene rings is 1. The van der Waals surface area contributed by atoms with Gasteiger partial charge in [0, 0.05) is 50.0 Å². The SMILES string of the molecule is Cc1cc(N(C)CCc2ccncc2)nc(N2CCCc3ccccc32)n1. The minimum Gasteiger partial charge on any atom is -0.359 e. The number of hydrogen-bond donors (Lipinski definition) is 0. The standard InChI is InChI=1S/C22H25N5/c1-17-16-21(26(2)15-11-18-9-12-23-13-10-18)25-22(24-17)27-14-5-7-19-6-3-4-8-20(19)27/h3-4,6,8-10,12-13,16H,5,7,11,14-15H2,1-2H3. The first-order valence-corrected chi connectivity index (χ1v) is 9.52. The zero-order chi connectivity index (χ0) is 18.6. The second kappa shape index (κ2) is 7.74. The van der Waals surface area contributed by atoms with E-state index >= 15 is 0 Å². The summed E-state index contributed by atoms with van der Waals surface area (Å²) in [6.07, 6.45) is 6.90. The molecule has 0 aliphatic carbocycles. The van der Waals surface area contributed by atoms with Gasteiger partial charge in [-0.15, -0.1) is 0 Å². The third-order valence-electron chi connectivity index (χ3n) is 5.06. The minimum absolute atomic E-state index is 0.799. The Morgan fingerprint density at radius 1 is 1.07 bits per heavy atom. The number of para-hydroxylation sites is 1. The molecule has 0 fully saturated rings. The number of nitrogens with zero attached hydrogens (tertiary/aromatic N) is 5. The lowest BCUT2D eigenvalue weighted by molar-refractivity contribution is 0.746. The van der Waals surface area contributed by atoms with Crippen LogP contribution < -0.4 is 9.80 Å². The first-order chi connectivity index (χ1) is 13.2. The molecule has 1 aliphatic rings. The van der Waals surface area contributed by atoms with Crippen molar-refractivity contribution in [2.75, 3.05) is 29.9 Å². The fourth-order valence-corrected chi connectivity index (χ4v) is 3.56. The number of hydrogen-bond acceptors (Lipinski definition) is 5. The van der Waals surface area contributed by atoms with Crippen LogP contribution in [0.1, 0.15) is 23.2 Å². The van der Waals surface area contributed by atoms with E-state index in [0.29, 0.717) is 0 Å². The molecule has 4 rings (SSSR count). The second-order valence-electron chi connectivity index (χ2n) is 7.08. The molecule has 0 atom stereocenters. The number of fused-ring (bicyclic) bond motifs is 1. The van der Waals surface area contributed by atoms with Crippen LogP contribution in [0.5, 0.6) is 0 Å². The molecule has 0 amide bonds. The summed E-state index contributed by atoms with van der Waals surface area (Å²) in [5.41, 5.74) is 4.89. The molecule has 0 radical (unpaired) electrons. The van der Waals surface area contributed by atoms with Crippen LogP contribution in [-0.2, 0) is 12.8 Å². The molecule has 2 aromatic heterocycles. The highest BCUT2D eigenvalue weighted by atomic mass is 15.3. The Labute approximate surface area is 160 Å². The Balaban J connectivity index is 1.57. The fraction of sp³-hybridized carbons (Fsp3) is 0.318. The highest BCUT2D eigenvalue weighted by Gasteiger charge is 2.21. The minimum atomic E-state index is 0.799. The van der Waals surface area contributed by atoms with E-state index < -0.39 is 0 Å². The summed E-state index contributed by atoms with van der Waals surface area (Å²) in [5, 5.41) is 0. The fourth-order valence-electron chi connectivity index (χ4n) is 3.56. The highest BCUT2D eigenvalue weighted by molar-refractivity contribution is 5.64. The summed E-state index contributed by atoms with van der Waals surface area (Å²) in [6, 6.07) is 14.8. The van der Waals surface area contributed by atoms with Gasteiger partial charge >= 0.3 is 0 Å². The first-order valence-electron chi connectivity index (χ1n) is 9.52. The normalized spacial score (nSPS) is 13.3. The molecular weight excluding hydrogens is 334 g/mol. The second-order valence-corrected chi connectivity index (χ2v) is 7.08. The molecule has 0 N–H and O–H groups in total. The molecule has 5 heteroatoms. The molecule has 0 spiro atoms. The van der Waals surface area contributed by atoms with E-state index in [2.05, 4.69) is 64.3 Å². The molecule has 1 aromatic carbocycles. The molecule has 5 nitrogen and oxygen atoms in total. The molecule has 0 saturated heterocycles. The number of pyridine rings is 1. The van der Waals surface area contributed by atoms with E-state index in [0.717, 1.165) is 49.8 Å². The van der Waals surface area contributed by atoms with Gasteiger partial charge in [-0.1, -0.05) is 18.2 Å². The molecule has 138 valence electrons. The van der Waals surface area contributed by atoms with Crippen LogP contribution in [0, 0.1) is 6.92 Å². The van der Waals surface area contributed by atoms with Crippen LogP contribution in [0.2, 0.25) is 0 Å². The van der Waals surface area contributed by atoms with Gasteiger partial charge in [0.05, 0.1) is 0 Å². The zero-order valence-corrected chi connectivity index (χ0v) is 16.0. The monoisotopic (exact) mass is 359 g/mol. The Morgan fingerprint density at radius 2 is 1.89 bits per heavy atom. The van der Waals surface area contributed by atoms with Crippen LogP contribution in [0.25, 0.3) is 0 Å². The predicted octanol–water partition coefficient (Wildman–Crippen LogP) is 3.94. The molecule has 27 heavy (non-hydrogen) atoms. The van der Waals surface area contributed by atoms with Gasteiger partial charge in [-0.2, -0.15) is 4.98 Å². The number of rotatable bonds is 5. The van der Waals surface area contributed by atoms with Crippen molar-refractivity contribution >= 4 is 17.5 Å². The van der Waals surface area contributed by atoms with Gasteiger partial charge in [0.15, 0.2) is 0 Å². The summed E-state index contributed by atoms with van der Waals surface area (Å²) < 4.78 is 0. The lowest BCUT2D eigenvalue weighted by atomic mass is 10.0. The van der Waals surface area contributed by atoms with Gasteiger partial charge in [-0.25, -0.2) is 4.98 Å². The van der Waals surface area contributed by atoms with Gasteiger partial charge in [0.2, 0.25) is 5.95 Å². The van der Waals surface area contributed by atoms with Gasteiger partial charge in [0.1, 0.15) is 5.82 Å². The topological polar surface area (TPSA) is 45.2 Å². The first kappa shape index (κ1) is 17.5. The maximum atomic E-state index is 4.90. The highest BCUT2D eigenvalue weighted by Crippen LogP contribution is 2.32. The van der Waals surface area contributed by atoms with Crippen LogP contribution in [0.3, 0.4) is 0 Å². The Kier molecular flexibility index (Phi) is 5.01. The summed E-state index contributed by atoms with van der Waals surface area (Å²) in [5.74, 6) is 1.77. The molecule has 0 bridgehead atoms. The number of anilines is 3. The van der Waals surface area contributed by atoms with Crippen LogP contribution >= 0.6 is 0 Å². The predicted molar refractivity (Wildman–Crippen MR) is 110 cm³/mol. The lowest BCUT2D eigenvalue weighted by Crippen LogP contribution is -2.28. The van der Waals surface area contributed by atoms with Crippen molar-refractivity contribution in [3.8, 4) is 0 Å². The summed E-state index contributed by atoms with van der Waals surface area (Å²) >= 11 is 0. The molecule has 0 unspecified atom stereocenters. The van der Waals surface area contributed by atoms with Crippen molar-refractivity contribution < 1.29 is 0 Å². The third kappa shape index (κ3) is 3.92. The maximum absolute atomic E-state index is 4.90. The van der Waals surface area contributed by atoms with E-state index in [1.54, 1.807) is 0 Å². The molecule has 3 heterocycles. The van der Waals surface area contributed by atoms with Crippen LogP contribution in [-0.4, -0.2) is 35.1 Å². The van der Waals surface area contributed by atoms with E-state index in [-0.39, 0.29) is 0 Å². The Hall–Kier alpha value is -2.95. The van der Waals surface area contributed by atoms with Crippen molar-refractivity contribution in [1.29, 1.82) is 0 Å². The largest absolute Gasteiger partial charge is 0.359 e. The lowest BCUT2D eigenvalue weighted by Gasteiger charge is -2.30. The van der Waals surface area contributed by atoms with E-state index in [1.165, 1.54) is 16.8 Å². The van der Waals surface area contributed by atoms with Gasteiger partial charge in [0.25, 0.3) is 0 Å². The van der Waals surface area contributed by atoms with E-state index in [1.807, 2.05) is 19.3 Å². The average molecular weight is 359 g/mol. The number of aryl methyl sites for hydroxylation is 2. The smallest absolute Gasteiger partial charge is 0.232 e. The quantitative estimate of drug-likeness (QED) is 0.690. The summed E-state index contributed by atoms with van der Waals surface area (Å²) in [7, 11) is 2.09. The average Bonchev–Trinajstić information content (AvgIpc) is 2.72. The van der Waals surface area contributed by atoms with Gasteiger partial charge in [-0.05, 0) is 55.5 Å². The third-order valence-corrected chi connectivity index (χ3v) is 5.06. The van der Waals surface area contributed by atoms with Crippen molar-refractivity contribution in [3.63, 3.8) is 0 Å². The molecular formula is C22H25N5. The zero-order valence-electron chi connectivity index (χ0n) is 16.0. The molecule has 3 aromatic rings. The Morgan fingerprint density at radius 3 is 2.74 bits per heavy atom. The Bertz CT molecular complexity index is 910. The van der Waals surface area contributed by atoms with Gasteiger partial charge < -0.3 is 9.80 Å². The van der Waals surface area contributed by atoms with Crippen LogP contribution in [0.15, 0.2) is 54.9 Å². The number of aromatic nitrogens is 3. The molecule has 0 saturated carbocycles. The molecule has 1 aliphatic heterocycles. The van der Waals surface area contributed by atoms with Crippen LogP contribution in [0.4, 0.5) is 17.5 Å². The maximum Gasteiger partial charge on any atom is 0.232 e. The van der Waals surface area contributed by atoms with Gasteiger partial charge in [-0.3, -0.25) is 4.98 Å². The van der Waals surface area contributed by atoms with E-state index in [4.69, 9.17) is 9.97 Å².